The number of thiazole rings is 1. The zero-order valence-corrected chi connectivity index (χ0v) is 11.5. The Balaban J connectivity index is 1.88. The highest BCUT2D eigenvalue weighted by molar-refractivity contribution is 7.09. The minimum absolute atomic E-state index is 0.232. The Bertz CT molecular complexity index is 453. The first-order valence-corrected chi connectivity index (χ1v) is 7.34. The molecule has 2 rings (SSSR count). The van der Waals surface area contributed by atoms with Crippen LogP contribution in [0.15, 0.2) is 22.3 Å². The van der Waals surface area contributed by atoms with Gasteiger partial charge < -0.3 is 10.4 Å². The third-order valence-corrected chi connectivity index (χ3v) is 4.54. The smallest absolute Gasteiger partial charge is 0.0922 e. The molecule has 2 unspecified atom stereocenters. The van der Waals surface area contributed by atoms with Crippen LogP contribution in [-0.2, 0) is 0 Å². The second kappa shape index (κ2) is 5.73. The summed E-state index contributed by atoms with van der Waals surface area (Å²) in [6.45, 7) is 4.68. The van der Waals surface area contributed by atoms with Crippen LogP contribution < -0.4 is 5.32 Å². The molecule has 0 amide bonds. The topological polar surface area (TPSA) is 45.2 Å². The van der Waals surface area contributed by atoms with Gasteiger partial charge in [-0.1, -0.05) is 0 Å². The van der Waals surface area contributed by atoms with Gasteiger partial charge in [-0.3, -0.25) is 0 Å². The van der Waals surface area contributed by atoms with Gasteiger partial charge in [-0.05, 0) is 36.2 Å². The number of hydrogen-bond acceptors (Lipinski definition) is 5. The largest absolute Gasteiger partial charge is 0.387 e. The molecule has 0 aliphatic heterocycles. The molecule has 2 aromatic rings. The van der Waals surface area contributed by atoms with Crippen molar-refractivity contribution in [3.8, 4) is 0 Å². The molecule has 2 aromatic heterocycles. The van der Waals surface area contributed by atoms with E-state index in [0.29, 0.717) is 6.54 Å². The van der Waals surface area contributed by atoms with E-state index in [1.54, 1.807) is 22.7 Å². The van der Waals surface area contributed by atoms with E-state index in [1.165, 1.54) is 4.88 Å². The molecule has 0 radical (unpaired) electrons. The summed E-state index contributed by atoms with van der Waals surface area (Å²) >= 11 is 3.26. The lowest BCUT2D eigenvalue weighted by Gasteiger charge is -2.16. The van der Waals surface area contributed by atoms with Crippen molar-refractivity contribution in [2.45, 2.75) is 26.0 Å². The fourth-order valence-electron chi connectivity index (χ4n) is 1.69. The summed E-state index contributed by atoms with van der Waals surface area (Å²) in [5, 5.41) is 17.3. The van der Waals surface area contributed by atoms with Gasteiger partial charge in [0.2, 0.25) is 0 Å². The van der Waals surface area contributed by atoms with Crippen LogP contribution in [0.3, 0.4) is 0 Å². The number of nitrogens with zero attached hydrogens (tertiary/aromatic N) is 1. The molecule has 3 nitrogen and oxygen atoms in total. The number of aliphatic hydroxyl groups excluding tert-OH is 1. The summed E-state index contributed by atoms with van der Waals surface area (Å²) in [4.78, 5) is 5.47. The minimum atomic E-state index is -0.433. The molecule has 17 heavy (non-hydrogen) atoms. The van der Waals surface area contributed by atoms with Crippen molar-refractivity contribution in [3.05, 3.63) is 38.5 Å². The van der Waals surface area contributed by atoms with Crippen LogP contribution >= 0.6 is 22.7 Å². The fourth-order valence-corrected chi connectivity index (χ4v) is 3.23. The third-order valence-electron chi connectivity index (χ3n) is 2.72. The lowest BCUT2D eigenvalue weighted by atomic mass is 10.2. The van der Waals surface area contributed by atoms with Crippen LogP contribution in [0.5, 0.6) is 0 Å². The number of rotatable bonds is 5. The Morgan fingerprint density at radius 1 is 1.53 bits per heavy atom. The predicted octanol–water partition coefficient (Wildman–Crippen LogP) is 2.90. The molecule has 92 valence electrons. The Kier molecular flexibility index (Phi) is 4.28. The zero-order chi connectivity index (χ0) is 12.3. The molecule has 2 atom stereocenters. The molecule has 0 spiro atoms. The maximum absolute atomic E-state index is 9.96. The quantitative estimate of drug-likeness (QED) is 0.876. The normalized spacial score (nSPS) is 14.8. The van der Waals surface area contributed by atoms with Crippen LogP contribution in [0.1, 0.15) is 35.2 Å². The molecule has 0 saturated carbocycles. The van der Waals surface area contributed by atoms with E-state index in [9.17, 15) is 5.11 Å². The maximum atomic E-state index is 9.96. The lowest BCUT2D eigenvalue weighted by molar-refractivity contribution is 0.171. The van der Waals surface area contributed by atoms with E-state index >= 15 is 0 Å². The van der Waals surface area contributed by atoms with Crippen LogP contribution in [0.25, 0.3) is 0 Å². The van der Waals surface area contributed by atoms with Crippen molar-refractivity contribution in [3.63, 3.8) is 0 Å². The molecule has 0 bridgehead atoms. The van der Waals surface area contributed by atoms with Gasteiger partial charge in [-0.2, -0.15) is 11.3 Å². The van der Waals surface area contributed by atoms with Gasteiger partial charge in [0.15, 0.2) is 0 Å². The summed E-state index contributed by atoms with van der Waals surface area (Å²) < 4.78 is 0. The maximum Gasteiger partial charge on any atom is 0.0922 e. The van der Waals surface area contributed by atoms with Gasteiger partial charge in [0.05, 0.1) is 17.3 Å². The highest BCUT2D eigenvalue weighted by Crippen LogP contribution is 2.22. The summed E-state index contributed by atoms with van der Waals surface area (Å²) in [5.74, 6) is 0. The molecule has 0 fully saturated rings. The number of hydrogen-bond donors (Lipinski definition) is 2. The van der Waals surface area contributed by atoms with Crippen molar-refractivity contribution < 1.29 is 5.11 Å². The van der Waals surface area contributed by atoms with Crippen LogP contribution in [0.2, 0.25) is 0 Å². The molecule has 0 aliphatic rings. The van der Waals surface area contributed by atoms with Gasteiger partial charge in [-0.15, -0.1) is 11.3 Å². The summed E-state index contributed by atoms with van der Waals surface area (Å²) in [5.41, 5.74) is 3.91. The van der Waals surface area contributed by atoms with Crippen molar-refractivity contribution in [2.24, 2.45) is 0 Å². The number of aromatic nitrogens is 1. The minimum Gasteiger partial charge on any atom is -0.387 e. The van der Waals surface area contributed by atoms with Crippen molar-refractivity contribution in [2.75, 3.05) is 6.54 Å². The first kappa shape index (κ1) is 12.7. The predicted molar refractivity (Wildman–Crippen MR) is 72.5 cm³/mol. The van der Waals surface area contributed by atoms with E-state index < -0.39 is 6.10 Å². The third kappa shape index (κ3) is 3.13. The number of aliphatic hydroxyl groups is 1. The van der Waals surface area contributed by atoms with Crippen LogP contribution in [0.4, 0.5) is 0 Å². The first-order valence-electron chi connectivity index (χ1n) is 5.52. The Hall–Kier alpha value is -0.750. The second-order valence-electron chi connectivity index (χ2n) is 4.00. The van der Waals surface area contributed by atoms with E-state index in [1.807, 2.05) is 29.3 Å². The highest BCUT2D eigenvalue weighted by Gasteiger charge is 2.13. The fraction of sp³-hybridized carbons (Fsp3) is 0.417. The summed E-state index contributed by atoms with van der Waals surface area (Å²) in [6.07, 6.45) is -0.433. The SMILES string of the molecule is Cc1ncsc1C(C)NCC(O)c1ccsc1. The highest BCUT2D eigenvalue weighted by atomic mass is 32.1. The van der Waals surface area contributed by atoms with E-state index in [0.717, 1.165) is 11.3 Å². The number of aryl methyl sites for hydroxylation is 1. The zero-order valence-electron chi connectivity index (χ0n) is 9.88. The molecular weight excluding hydrogens is 252 g/mol. The molecule has 5 heteroatoms. The molecule has 0 aromatic carbocycles. The average molecular weight is 268 g/mol. The lowest BCUT2D eigenvalue weighted by Crippen LogP contribution is -2.24. The van der Waals surface area contributed by atoms with Gasteiger partial charge in [0.25, 0.3) is 0 Å². The Morgan fingerprint density at radius 2 is 2.35 bits per heavy atom. The number of nitrogens with one attached hydrogen (secondary N) is 1. The van der Waals surface area contributed by atoms with Crippen molar-refractivity contribution in [1.82, 2.24) is 10.3 Å². The molecule has 2 N–H and O–H groups in total. The van der Waals surface area contributed by atoms with Crippen LogP contribution in [0, 0.1) is 6.92 Å². The van der Waals surface area contributed by atoms with Crippen LogP contribution in [-0.4, -0.2) is 16.6 Å². The second-order valence-corrected chi connectivity index (χ2v) is 5.67. The van der Waals surface area contributed by atoms with Gasteiger partial charge in [-0.25, -0.2) is 4.98 Å². The van der Waals surface area contributed by atoms with Crippen molar-refractivity contribution >= 4 is 22.7 Å². The number of thiophene rings is 1. The van der Waals surface area contributed by atoms with Gasteiger partial charge >= 0.3 is 0 Å². The summed E-state index contributed by atoms with van der Waals surface area (Å²) in [6, 6.07) is 2.19. The monoisotopic (exact) mass is 268 g/mol. The molecule has 0 saturated heterocycles. The first-order chi connectivity index (χ1) is 8.18. The van der Waals surface area contributed by atoms with E-state index in [2.05, 4.69) is 17.2 Å². The average Bonchev–Trinajstić information content (AvgIpc) is 2.95. The summed E-state index contributed by atoms with van der Waals surface area (Å²) in [7, 11) is 0. The van der Waals surface area contributed by atoms with E-state index in [-0.39, 0.29) is 6.04 Å². The van der Waals surface area contributed by atoms with E-state index in [4.69, 9.17) is 0 Å². The van der Waals surface area contributed by atoms with Crippen molar-refractivity contribution in [1.29, 1.82) is 0 Å². The van der Waals surface area contributed by atoms with Gasteiger partial charge in [0, 0.05) is 17.5 Å². The molecule has 0 aliphatic carbocycles. The Morgan fingerprint density at radius 3 is 2.94 bits per heavy atom. The standard InChI is InChI=1S/C12H16N2OS2/c1-8(12-9(2)14-7-17-12)13-5-11(15)10-3-4-16-6-10/h3-4,6-8,11,13,15H,5H2,1-2H3. The molecular formula is C12H16N2OS2. The molecule has 2 heterocycles. The van der Waals surface area contributed by atoms with Gasteiger partial charge in [0.1, 0.15) is 0 Å². The Labute approximate surface area is 109 Å².